The number of thiocarbonyl (C=S) groups is 1. The highest BCUT2D eigenvalue weighted by Gasteiger charge is 2.32. The van der Waals surface area contributed by atoms with Gasteiger partial charge in [0.25, 0.3) is 0 Å². The Bertz CT molecular complexity index is 1480. The smallest absolute Gasteiger partial charge is 0.150 e. The zero-order valence-corrected chi connectivity index (χ0v) is 24.7. The van der Waals surface area contributed by atoms with Crippen molar-refractivity contribution in [1.29, 1.82) is 0 Å². The van der Waals surface area contributed by atoms with Crippen LogP contribution in [-0.2, 0) is 19.5 Å². The molecule has 3 heterocycles. The maximum Gasteiger partial charge on any atom is 0.150 e. The quantitative estimate of drug-likeness (QED) is 0.237. The van der Waals surface area contributed by atoms with Crippen molar-refractivity contribution in [2.45, 2.75) is 78.4 Å². The van der Waals surface area contributed by atoms with Crippen molar-refractivity contribution in [1.82, 2.24) is 19.5 Å². The first kappa shape index (κ1) is 26.4. The summed E-state index contributed by atoms with van der Waals surface area (Å²) in [6, 6.07) is 17.1. The van der Waals surface area contributed by atoms with E-state index in [1.54, 1.807) is 0 Å². The lowest BCUT2D eigenvalue weighted by atomic mass is 9.78. The first-order chi connectivity index (χ1) is 18.9. The molecule has 1 saturated carbocycles. The van der Waals surface area contributed by atoms with Gasteiger partial charge in [0.15, 0.2) is 5.82 Å². The van der Waals surface area contributed by atoms with Crippen LogP contribution < -0.4 is 10.6 Å². The lowest BCUT2D eigenvalue weighted by Gasteiger charge is -2.35. The molecule has 1 aliphatic carbocycles. The van der Waals surface area contributed by atoms with E-state index in [1.807, 2.05) is 12.1 Å². The standard InChI is InChI=1S/C32H38ClN5S/c1-20-10-16-25(17-11-20)34-19-28-36-38-30(31(39)35-27-9-6-7-21(2)22(27)3)29(23-12-14-24(33)15-13-23)26-8-4-5-18-37(28)32(26)38/h10-17,21-22,27,34H,4-9,18-19H2,1-3H3,(H,35,39)/t21-,22+,27-/m1/s1. The predicted molar refractivity (Wildman–Crippen MR) is 166 cm³/mol. The van der Waals surface area contributed by atoms with Crippen molar-refractivity contribution in [3.8, 4) is 11.1 Å². The summed E-state index contributed by atoms with van der Waals surface area (Å²) in [6.07, 6.45) is 6.98. The van der Waals surface area contributed by atoms with Crippen molar-refractivity contribution < 1.29 is 0 Å². The molecule has 2 aromatic heterocycles. The van der Waals surface area contributed by atoms with Gasteiger partial charge in [-0.1, -0.05) is 80.3 Å². The van der Waals surface area contributed by atoms with Gasteiger partial charge in [0.05, 0.1) is 6.54 Å². The van der Waals surface area contributed by atoms with Gasteiger partial charge in [0.2, 0.25) is 0 Å². The molecular formula is C32H38ClN5S. The number of anilines is 1. The van der Waals surface area contributed by atoms with Crippen LogP contribution in [0.2, 0.25) is 5.02 Å². The minimum absolute atomic E-state index is 0.381. The number of hydrogen-bond acceptors (Lipinski definition) is 3. The summed E-state index contributed by atoms with van der Waals surface area (Å²) in [5.74, 6) is 2.32. The highest BCUT2D eigenvalue weighted by molar-refractivity contribution is 7.80. The van der Waals surface area contributed by atoms with E-state index in [1.165, 1.54) is 35.2 Å². The van der Waals surface area contributed by atoms with Crippen molar-refractivity contribution >= 4 is 40.1 Å². The number of benzene rings is 2. The predicted octanol–water partition coefficient (Wildman–Crippen LogP) is 7.80. The van der Waals surface area contributed by atoms with Crippen LogP contribution in [0, 0.1) is 18.8 Å². The summed E-state index contributed by atoms with van der Waals surface area (Å²) in [5.41, 5.74) is 8.26. The molecule has 1 aliphatic heterocycles. The molecule has 1 fully saturated rings. The average molecular weight is 560 g/mol. The van der Waals surface area contributed by atoms with Gasteiger partial charge in [-0.05, 0) is 74.3 Å². The van der Waals surface area contributed by atoms with E-state index < -0.39 is 0 Å². The van der Waals surface area contributed by atoms with Gasteiger partial charge < -0.3 is 15.2 Å². The van der Waals surface area contributed by atoms with E-state index in [2.05, 4.69) is 76.9 Å². The number of rotatable bonds is 6. The summed E-state index contributed by atoms with van der Waals surface area (Å²) in [6.45, 7) is 8.47. The molecule has 0 spiro atoms. The first-order valence-corrected chi connectivity index (χ1v) is 15.2. The van der Waals surface area contributed by atoms with Gasteiger partial charge >= 0.3 is 0 Å². The monoisotopic (exact) mass is 559 g/mol. The molecule has 0 saturated heterocycles. The van der Waals surface area contributed by atoms with E-state index in [9.17, 15) is 0 Å². The number of halogens is 1. The molecule has 39 heavy (non-hydrogen) atoms. The second-order valence-electron chi connectivity index (χ2n) is 11.5. The Morgan fingerprint density at radius 1 is 1.03 bits per heavy atom. The van der Waals surface area contributed by atoms with Crippen molar-refractivity contribution in [2.24, 2.45) is 11.8 Å². The topological polar surface area (TPSA) is 46.3 Å². The van der Waals surface area contributed by atoms with Crippen LogP contribution in [0.1, 0.15) is 68.6 Å². The van der Waals surface area contributed by atoms with Crippen LogP contribution in [0.15, 0.2) is 48.5 Å². The number of aromatic nitrogens is 3. The molecular weight excluding hydrogens is 522 g/mol. The summed E-state index contributed by atoms with van der Waals surface area (Å²) >= 11 is 12.5. The fourth-order valence-electron chi connectivity index (χ4n) is 6.45. The van der Waals surface area contributed by atoms with Crippen molar-refractivity contribution in [2.75, 3.05) is 5.32 Å². The van der Waals surface area contributed by atoms with E-state index in [-0.39, 0.29) is 0 Å². The lowest BCUT2D eigenvalue weighted by molar-refractivity contribution is 0.225. The van der Waals surface area contributed by atoms with Crippen LogP contribution in [0.25, 0.3) is 16.8 Å². The first-order valence-electron chi connectivity index (χ1n) is 14.4. The summed E-state index contributed by atoms with van der Waals surface area (Å²) in [7, 11) is 0. The molecule has 4 aromatic rings. The number of nitrogens with zero attached hydrogens (tertiary/aromatic N) is 3. The zero-order valence-electron chi connectivity index (χ0n) is 23.1. The molecule has 204 valence electrons. The van der Waals surface area contributed by atoms with Gasteiger partial charge in [-0.15, -0.1) is 0 Å². The van der Waals surface area contributed by atoms with Gasteiger partial charge in [0, 0.05) is 34.4 Å². The molecule has 5 nitrogen and oxygen atoms in total. The van der Waals surface area contributed by atoms with E-state index in [0.717, 1.165) is 65.0 Å². The third-order valence-electron chi connectivity index (χ3n) is 8.94. The molecule has 6 rings (SSSR count). The van der Waals surface area contributed by atoms with Crippen molar-refractivity contribution in [3.63, 3.8) is 0 Å². The Balaban J connectivity index is 1.45. The largest absolute Gasteiger partial charge is 0.378 e. The fourth-order valence-corrected chi connectivity index (χ4v) is 6.91. The minimum atomic E-state index is 0.381. The molecule has 3 atom stereocenters. The Morgan fingerprint density at radius 2 is 1.79 bits per heavy atom. The molecule has 0 unspecified atom stereocenters. The Kier molecular flexibility index (Phi) is 7.43. The van der Waals surface area contributed by atoms with E-state index in [0.29, 0.717) is 24.4 Å². The summed E-state index contributed by atoms with van der Waals surface area (Å²) in [5, 5.41) is 13.4. The fraction of sp³-hybridized carbons (Fsp3) is 0.438. The van der Waals surface area contributed by atoms with Gasteiger partial charge in [-0.3, -0.25) is 0 Å². The minimum Gasteiger partial charge on any atom is -0.378 e. The Hall–Kier alpha value is -2.83. The average Bonchev–Trinajstić information content (AvgIpc) is 3.33. The summed E-state index contributed by atoms with van der Waals surface area (Å²) < 4.78 is 4.56. The van der Waals surface area contributed by atoms with Crippen LogP contribution in [0.3, 0.4) is 0 Å². The number of nitrogens with one attached hydrogen (secondary N) is 2. The highest BCUT2D eigenvalue weighted by atomic mass is 35.5. The van der Waals surface area contributed by atoms with Crippen LogP contribution in [0.4, 0.5) is 5.69 Å². The summed E-state index contributed by atoms with van der Waals surface area (Å²) in [4.78, 5) is 0.801. The molecule has 0 amide bonds. The van der Waals surface area contributed by atoms with Crippen LogP contribution >= 0.6 is 23.8 Å². The van der Waals surface area contributed by atoms with E-state index in [4.69, 9.17) is 28.9 Å². The van der Waals surface area contributed by atoms with E-state index >= 15 is 0 Å². The molecule has 0 radical (unpaired) electrons. The molecule has 2 aliphatic rings. The number of aryl methyl sites for hydroxylation is 3. The zero-order chi connectivity index (χ0) is 27.1. The highest BCUT2D eigenvalue weighted by Crippen LogP contribution is 2.38. The maximum absolute atomic E-state index is 6.30. The second kappa shape index (κ2) is 11.0. The molecule has 2 N–H and O–H groups in total. The second-order valence-corrected chi connectivity index (χ2v) is 12.4. The Labute approximate surface area is 241 Å². The van der Waals surface area contributed by atoms with Crippen molar-refractivity contribution in [3.05, 3.63) is 76.2 Å². The molecule has 0 bridgehead atoms. The van der Waals surface area contributed by atoms with Gasteiger partial charge in [-0.25, -0.2) is 4.52 Å². The normalized spacial score (nSPS) is 21.1. The van der Waals surface area contributed by atoms with Gasteiger partial charge in [-0.2, -0.15) is 5.10 Å². The molecule has 2 aromatic carbocycles. The lowest BCUT2D eigenvalue weighted by Crippen LogP contribution is -2.43. The SMILES string of the molecule is Cc1ccc(NCc2nn3c(C(=S)N[C@@H]4CCC[C@@H](C)[C@@H]4C)c(-c4ccc(Cl)cc4)c4c3n2CCCC4)cc1. The third-order valence-corrected chi connectivity index (χ3v) is 9.50. The number of hydrogen-bond donors (Lipinski definition) is 2. The van der Waals surface area contributed by atoms with Crippen LogP contribution in [0.5, 0.6) is 0 Å². The maximum atomic E-state index is 6.30. The Morgan fingerprint density at radius 3 is 2.56 bits per heavy atom. The third kappa shape index (κ3) is 5.09. The van der Waals surface area contributed by atoms with Crippen LogP contribution in [-0.4, -0.2) is 25.2 Å². The van der Waals surface area contributed by atoms with Gasteiger partial charge in [0.1, 0.15) is 16.3 Å². The molecule has 7 heteroatoms.